The summed E-state index contributed by atoms with van der Waals surface area (Å²) in [5.41, 5.74) is 8.34. The van der Waals surface area contributed by atoms with Crippen LogP contribution in [0.1, 0.15) is 34.5 Å². The molecule has 0 aromatic heterocycles. The van der Waals surface area contributed by atoms with Crippen LogP contribution in [-0.2, 0) is 39.8 Å². The smallest absolute Gasteiger partial charge is 0.327 e. The van der Waals surface area contributed by atoms with Crippen molar-refractivity contribution in [3.05, 3.63) is 109 Å². The molecule has 2 aromatic carbocycles. The van der Waals surface area contributed by atoms with Crippen LogP contribution in [0, 0.1) is 0 Å². The molecule has 2 saturated heterocycles. The summed E-state index contributed by atoms with van der Waals surface area (Å²) >= 11 is 0. The molecule has 2 aromatic rings. The lowest BCUT2D eigenvalue weighted by molar-refractivity contribution is -0.132. The van der Waals surface area contributed by atoms with E-state index in [9.17, 15) is 19.2 Å². The first-order valence-electron chi connectivity index (χ1n) is 12.5. The van der Waals surface area contributed by atoms with Crippen molar-refractivity contribution in [3.63, 3.8) is 0 Å². The van der Waals surface area contributed by atoms with Crippen LogP contribution in [0.4, 0.5) is 0 Å². The first-order chi connectivity index (χ1) is 20.0. The number of rotatable bonds is 4. The number of carboxylic acids is 4. The average molecular weight is 581 g/mol. The molecular weight excluding hydrogens is 548 g/mol. The van der Waals surface area contributed by atoms with Gasteiger partial charge < -0.3 is 34.6 Å². The molecule has 6 rings (SSSR count). The summed E-state index contributed by atoms with van der Waals surface area (Å²) in [6.07, 6.45) is 5.21. The predicted molar refractivity (Wildman–Crippen MR) is 152 cm³/mol. The third-order valence-electron chi connectivity index (χ3n) is 6.08. The number of carbonyl (C=O) groups is 4. The molecule has 4 unspecified atom stereocenters. The second-order valence-electron chi connectivity index (χ2n) is 8.83. The van der Waals surface area contributed by atoms with E-state index in [1.807, 2.05) is 0 Å². The summed E-state index contributed by atoms with van der Waals surface area (Å²) in [5.74, 6) is -3.93. The van der Waals surface area contributed by atoms with Gasteiger partial charge >= 0.3 is 23.9 Å². The monoisotopic (exact) mass is 580 g/mol. The Hall–Kier alpha value is -4.84. The predicted octanol–water partition coefficient (Wildman–Crippen LogP) is 4.20. The summed E-state index contributed by atoms with van der Waals surface area (Å²) in [7, 11) is 0. The van der Waals surface area contributed by atoms with E-state index in [0.717, 1.165) is 30.7 Å². The van der Waals surface area contributed by atoms with E-state index in [2.05, 4.69) is 62.7 Å². The lowest BCUT2D eigenvalue weighted by Gasteiger charge is -2.12. The van der Waals surface area contributed by atoms with Crippen LogP contribution in [0.5, 0.6) is 0 Å². The lowest BCUT2D eigenvalue weighted by Crippen LogP contribution is -2.06. The van der Waals surface area contributed by atoms with Crippen LogP contribution in [0.3, 0.4) is 0 Å². The van der Waals surface area contributed by atoms with E-state index in [4.69, 9.17) is 34.6 Å². The minimum Gasteiger partial charge on any atom is -0.478 e. The minimum atomic E-state index is -0.981. The van der Waals surface area contributed by atoms with Gasteiger partial charge in [0.2, 0.25) is 0 Å². The number of epoxide rings is 2. The van der Waals surface area contributed by atoms with Gasteiger partial charge in [-0.25, -0.2) is 19.2 Å². The molecule has 11 heteroatoms. The molecular formula is C31H32O11. The number of benzene rings is 2. The Balaban J connectivity index is 0.000000255. The van der Waals surface area contributed by atoms with Gasteiger partial charge in [0.15, 0.2) is 0 Å². The van der Waals surface area contributed by atoms with Crippen molar-refractivity contribution < 1.29 is 53.8 Å². The highest BCUT2D eigenvalue weighted by atomic mass is 16.6. The fourth-order valence-corrected chi connectivity index (χ4v) is 4.20. The summed E-state index contributed by atoms with van der Waals surface area (Å²) in [6.45, 7) is 13.2. The Bertz CT molecular complexity index is 1290. The highest BCUT2D eigenvalue weighted by Gasteiger charge is 2.51. The van der Waals surface area contributed by atoms with Gasteiger partial charge in [-0.2, -0.15) is 0 Å². The van der Waals surface area contributed by atoms with Crippen molar-refractivity contribution in [2.45, 2.75) is 30.8 Å². The van der Waals surface area contributed by atoms with Crippen molar-refractivity contribution in [3.8, 4) is 11.1 Å². The first-order valence-corrected chi connectivity index (χ1v) is 12.5. The van der Waals surface area contributed by atoms with E-state index >= 15 is 0 Å². The number of hydrogen-bond donors (Lipinski definition) is 4. The zero-order valence-corrected chi connectivity index (χ0v) is 22.7. The van der Waals surface area contributed by atoms with Crippen molar-refractivity contribution in [1.29, 1.82) is 0 Å². The molecule has 42 heavy (non-hydrogen) atoms. The highest BCUT2D eigenvalue weighted by molar-refractivity contribution is 5.80. The molecule has 4 aliphatic rings. The van der Waals surface area contributed by atoms with Crippen molar-refractivity contribution in [1.82, 2.24) is 0 Å². The molecule has 0 spiro atoms. The topological polar surface area (TPSA) is 183 Å². The molecule has 0 radical (unpaired) electrons. The molecule has 3 heterocycles. The molecule has 0 saturated carbocycles. The van der Waals surface area contributed by atoms with Gasteiger partial charge in [-0.05, 0) is 39.8 Å². The van der Waals surface area contributed by atoms with Crippen LogP contribution in [-0.4, -0.2) is 69.7 Å². The Morgan fingerprint density at radius 1 is 0.667 bits per heavy atom. The maximum absolute atomic E-state index is 9.25. The second-order valence-corrected chi connectivity index (χ2v) is 8.83. The molecule has 4 N–H and O–H groups in total. The van der Waals surface area contributed by atoms with E-state index in [0.29, 0.717) is 13.2 Å². The largest absolute Gasteiger partial charge is 0.478 e. The Labute approximate surface area is 242 Å². The Morgan fingerprint density at radius 3 is 1.62 bits per heavy atom. The maximum atomic E-state index is 9.25. The van der Waals surface area contributed by atoms with Crippen molar-refractivity contribution >= 4 is 23.9 Å². The van der Waals surface area contributed by atoms with E-state index < -0.39 is 23.9 Å². The highest BCUT2D eigenvalue weighted by Crippen LogP contribution is 2.53. The first kappa shape index (κ1) is 33.4. The zero-order valence-electron chi connectivity index (χ0n) is 22.7. The van der Waals surface area contributed by atoms with Crippen molar-refractivity contribution in [2.24, 2.45) is 0 Å². The molecule has 2 fully saturated rings. The number of fused-ring (bicyclic) bond motifs is 9. The van der Waals surface area contributed by atoms with Gasteiger partial charge in [0, 0.05) is 24.3 Å². The minimum absolute atomic E-state index is 0.196. The quantitative estimate of drug-likeness (QED) is 0.256. The second kappa shape index (κ2) is 15.8. The van der Waals surface area contributed by atoms with Gasteiger partial charge in [-0.1, -0.05) is 62.7 Å². The van der Waals surface area contributed by atoms with Gasteiger partial charge in [-0.3, -0.25) is 0 Å². The van der Waals surface area contributed by atoms with Crippen LogP contribution in [0.15, 0.2) is 87.0 Å². The fourth-order valence-electron chi connectivity index (χ4n) is 4.20. The van der Waals surface area contributed by atoms with Crippen LogP contribution in [0.2, 0.25) is 0 Å². The maximum Gasteiger partial charge on any atom is 0.327 e. The number of aliphatic carboxylic acids is 4. The van der Waals surface area contributed by atoms with Crippen molar-refractivity contribution in [2.75, 3.05) is 13.2 Å². The molecule has 4 atom stereocenters. The summed E-state index contributed by atoms with van der Waals surface area (Å²) in [6, 6.07) is 13.2. The van der Waals surface area contributed by atoms with Crippen LogP contribution >= 0.6 is 0 Å². The van der Waals surface area contributed by atoms with Gasteiger partial charge in [-0.15, -0.1) is 0 Å². The number of carboxylic acid groups (broad SMARTS) is 4. The summed E-state index contributed by atoms with van der Waals surface area (Å²) in [4.78, 5) is 37.0. The average Bonchev–Trinajstić information content (AvgIpc) is 3.89. The SMILES string of the molecule is C=CC(=O)O.C=CC(=O)O.C=CC(=O)O.C=CC(=O)O.c1ccc2c(c1)Cc1c-2ccc2c1C1OC1COCC1OC21. The molecule has 3 aliphatic heterocycles. The summed E-state index contributed by atoms with van der Waals surface area (Å²) in [5, 5.41) is 30.4. The van der Waals surface area contributed by atoms with E-state index in [1.54, 1.807) is 0 Å². The lowest BCUT2D eigenvalue weighted by atomic mass is 9.91. The molecule has 0 bridgehead atoms. The van der Waals surface area contributed by atoms with Gasteiger partial charge in [0.1, 0.15) is 24.4 Å². The molecule has 222 valence electrons. The third kappa shape index (κ3) is 9.66. The Kier molecular flexibility index (Phi) is 12.6. The zero-order chi connectivity index (χ0) is 31.4. The number of ether oxygens (including phenoxy) is 3. The fraction of sp³-hybridized carbons (Fsp3) is 0.226. The molecule has 11 nitrogen and oxygen atoms in total. The van der Waals surface area contributed by atoms with Gasteiger partial charge in [0.05, 0.1) is 13.2 Å². The van der Waals surface area contributed by atoms with E-state index in [-0.39, 0.29) is 24.4 Å². The van der Waals surface area contributed by atoms with Crippen LogP contribution in [0.25, 0.3) is 11.1 Å². The summed E-state index contributed by atoms with van der Waals surface area (Å²) < 4.78 is 17.5. The standard InChI is InChI=1S/C19H16O3.4C3H4O2/c1-2-4-11-10(3-1)7-14-12(11)5-6-13-17(14)19-16(22-19)9-20-8-15-18(13)21-15;4*1-2-3(4)5/h1-6,15-16,18-19H,7-9H2;4*2H,1H2,(H,4,5). The van der Waals surface area contributed by atoms with Crippen LogP contribution < -0.4 is 0 Å². The van der Waals surface area contributed by atoms with E-state index in [1.165, 1.54) is 33.4 Å². The normalized spacial score (nSPS) is 20.5. The molecule has 0 amide bonds. The number of hydrogen-bond acceptors (Lipinski definition) is 7. The molecule has 1 aliphatic carbocycles. The van der Waals surface area contributed by atoms with Gasteiger partial charge in [0.25, 0.3) is 0 Å². The Morgan fingerprint density at radius 2 is 1.12 bits per heavy atom. The third-order valence-corrected chi connectivity index (χ3v) is 6.08.